The molecule has 6 N–H and O–H groups in total. The maximum atomic E-state index is 11.5. The lowest BCUT2D eigenvalue weighted by Crippen LogP contribution is -2.31. The average molecular weight is 564 g/mol. The average Bonchev–Trinajstić information content (AvgIpc) is 2.93. The van der Waals surface area contributed by atoms with Crippen LogP contribution in [0.25, 0.3) is 0 Å². The fourth-order valence-corrected chi connectivity index (χ4v) is 3.97. The van der Waals surface area contributed by atoms with E-state index in [1.54, 1.807) is 18.2 Å². The van der Waals surface area contributed by atoms with E-state index in [9.17, 15) is 24.9 Å². The SMILES string of the molecule is NCCCc1cc(CN(CCO)CCOCCOCCN(CCO)Cc2cccc(C(=O)O)n2)nc(C(=O)O)c1. The highest BCUT2D eigenvalue weighted by Crippen LogP contribution is 2.11. The van der Waals surface area contributed by atoms with E-state index in [1.165, 1.54) is 6.07 Å². The smallest absolute Gasteiger partial charge is 0.354 e. The van der Waals surface area contributed by atoms with Crippen molar-refractivity contribution < 1.29 is 39.5 Å². The lowest BCUT2D eigenvalue weighted by molar-refractivity contribution is 0.0268. The largest absolute Gasteiger partial charge is 0.477 e. The van der Waals surface area contributed by atoms with Crippen LogP contribution in [0.15, 0.2) is 30.3 Å². The van der Waals surface area contributed by atoms with Gasteiger partial charge in [0.05, 0.1) is 51.0 Å². The van der Waals surface area contributed by atoms with Gasteiger partial charge in [-0.05, 0) is 49.2 Å². The summed E-state index contributed by atoms with van der Waals surface area (Å²) < 4.78 is 11.3. The molecule has 2 aromatic heterocycles. The Balaban J connectivity index is 1.73. The van der Waals surface area contributed by atoms with Gasteiger partial charge in [-0.25, -0.2) is 19.6 Å². The van der Waals surface area contributed by atoms with Gasteiger partial charge in [0.2, 0.25) is 0 Å². The summed E-state index contributed by atoms with van der Waals surface area (Å²) in [5, 5.41) is 37.3. The maximum Gasteiger partial charge on any atom is 0.354 e. The van der Waals surface area contributed by atoms with E-state index in [0.29, 0.717) is 90.0 Å². The summed E-state index contributed by atoms with van der Waals surface area (Å²) in [6.07, 6.45) is 1.41. The van der Waals surface area contributed by atoms with Crippen molar-refractivity contribution in [2.24, 2.45) is 5.73 Å². The number of carbonyl (C=O) groups is 2. The van der Waals surface area contributed by atoms with Crippen LogP contribution in [0, 0.1) is 0 Å². The molecule has 0 atom stereocenters. The van der Waals surface area contributed by atoms with Crippen molar-refractivity contribution in [3.05, 3.63) is 58.7 Å². The minimum absolute atomic E-state index is 0.00975. The Morgan fingerprint density at radius 1 is 0.775 bits per heavy atom. The van der Waals surface area contributed by atoms with Gasteiger partial charge in [-0.3, -0.25) is 9.80 Å². The number of aromatic nitrogens is 2. The summed E-state index contributed by atoms with van der Waals surface area (Å²) in [5.74, 6) is -2.17. The number of rotatable bonds is 22. The van der Waals surface area contributed by atoms with Gasteiger partial charge < -0.3 is 35.6 Å². The quantitative estimate of drug-likeness (QED) is 0.121. The van der Waals surface area contributed by atoms with Crippen LogP contribution in [-0.2, 0) is 29.0 Å². The van der Waals surface area contributed by atoms with Crippen molar-refractivity contribution in [2.75, 3.05) is 72.4 Å². The minimum atomic E-state index is -1.09. The van der Waals surface area contributed by atoms with Crippen LogP contribution < -0.4 is 5.73 Å². The molecular formula is C27H41N5O8. The van der Waals surface area contributed by atoms with Gasteiger partial charge in [0.1, 0.15) is 11.4 Å². The number of ether oxygens (including phenoxy) is 2. The zero-order valence-corrected chi connectivity index (χ0v) is 22.8. The Morgan fingerprint density at radius 3 is 1.90 bits per heavy atom. The highest BCUT2D eigenvalue weighted by atomic mass is 16.5. The van der Waals surface area contributed by atoms with Crippen LogP contribution in [0.2, 0.25) is 0 Å². The van der Waals surface area contributed by atoms with Gasteiger partial charge in [-0.1, -0.05) is 6.07 Å². The van der Waals surface area contributed by atoms with E-state index >= 15 is 0 Å². The van der Waals surface area contributed by atoms with Crippen LogP contribution in [0.4, 0.5) is 0 Å². The number of hydrogen-bond acceptors (Lipinski definition) is 11. The standard InChI is InChI=1S/C27H41N5O8/c28-6-2-3-21-17-23(30-25(18-21)27(37)38)20-32(8-12-34)10-14-40-16-15-39-13-9-31(7-11-33)19-22-4-1-5-24(29-22)26(35)36/h1,4-5,17-18,33-34H,2-3,6-16,19-20,28H2,(H,35,36)(H,37,38). The van der Waals surface area contributed by atoms with E-state index in [4.69, 9.17) is 20.3 Å². The summed E-state index contributed by atoms with van der Waals surface area (Å²) in [6, 6.07) is 8.26. The summed E-state index contributed by atoms with van der Waals surface area (Å²) in [5.41, 5.74) is 7.63. The van der Waals surface area contributed by atoms with Gasteiger partial charge in [-0.15, -0.1) is 0 Å². The first-order valence-corrected chi connectivity index (χ1v) is 13.3. The van der Waals surface area contributed by atoms with Gasteiger partial charge in [0, 0.05) is 39.3 Å². The van der Waals surface area contributed by atoms with Crippen molar-refractivity contribution in [3.63, 3.8) is 0 Å². The molecule has 0 aliphatic heterocycles. The zero-order valence-electron chi connectivity index (χ0n) is 22.8. The molecule has 13 heteroatoms. The molecule has 0 saturated heterocycles. The van der Waals surface area contributed by atoms with Crippen molar-refractivity contribution in [1.29, 1.82) is 0 Å². The minimum Gasteiger partial charge on any atom is -0.477 e. The molecule has 0 radical (unpaired) electrons. The topological polar surface area (TPSA) is 192 Å². The Kier molecular flexibility index (Phi) is 15.8. The van der Waals surface area contributed by atoms with E-state index in [-0.39, 0.29) is 24.6 Å². The van der Waals surface area contributed by atoms with E-state index in [1.807, 2.05) is 15.9 Å². The Morgan fingerprint density at radius 2 is 1.35 bits per heavy atom. The lowest BCUT2D eigenvalue weighted by Gasteiger charge is -2.22. The predicted octanol–water partition coefficient (Wildman–Crippen LogP) is 0.0863. The number of carboxylic acid groups (broad SMARTS) is 2. The van der Waals surface area contributed by atoms with Crippen LogP contribution in [0.5, 0.6) is 0 Å². The van der Waals surface area contributed by atoms with Crippen LogP contribution in [-0.4, -0.2) is 124 Å². The van der Waals surface area contributed by atoms with E-state index in [2.05, 4.69) is 9.97 Å². The molecule has 2 heterocycles. The van der Waals surface area contributed by atoms with Gasteiger partial charge in [0.15, 0.2) is 0 Å². The number of nitrogens with zero attached hydrogens (tertiary/aromatic N) is 4. The molecule has 13 nitrogen and oxygen atoms in total. The number of carboxylic acids is 2. The summed E-state index contributed by atoms with van der Waals surface area (Å²) in [7, 11) is 0. The van der Waals surface area contributed by atoms with E-state index in [0.717, 1.165) is 12.0 Å². The molecule has 0 fully saturated rings. The van der Waals surface area contributed by atoms with E-state index < -0.39 is 11.9 Å². The summed E-state index contributed by atoms with van der Waals surface area (Å²) >= 11 is 0. The first kappa shape index (κ1) is 33.2. The number of aliphatic hydroxyl groups excluding tert-OH is 2. The Hall–Kier alpha value is -3.04. The fourth-order valence-electron chi connectivity index (χ4n) is 3.97. The second-order valence-corrected chi connectivity index (χ2v) is 9.09. The first-order chi connectivity index (χ1) is 19.4. The van der Waals surface area contributed by atoms with Crippen LogP contribution in [0.1, 0.15) is 44.3 Å². The highest BCUT2D eigenvalue weighted by Gasteiger charge is 2.13. The molecular weight excluding hydrogens is 522 g/mol. The molecule has 0 spiro atoms. The number of pyridine rings is 2. The second-order valence-electron chi connectivity index (χ2n) is 9.09. The molecule has 40 heavy (non-hydrogen) atoms. The van der Waals surface area contributed by atoms with Gasteiger partial charge in [0.25, 0.3) is 0 Å². The summed E-state index contributed by atoms with van der Waals surface area (Å²) in [4.78, 5) is 34.8. The molecule has 0 aliphatic carbocycles. The number of aliphatic hydroxyl groups is 2. The molecule has 0 bridgehead atoms. The van der Waals surface area contributed by atoms with Crippen LogP contribution >= 0.6 is 0 Å². The number of hydrogen-bond donors (Lipinski definition) is 5. The maximum absolute atomic E-state index is 11.5. The normalized spacial score (nSPS) is 11.4. The van der Waals surface area contributed by atoms with Gasteiger partial charge in [-0.2, -0.15) is 0 Å². The molecule has 0 aliphatic rings. The number of nitrogens with two attached hydrogens (primary N) is 1. The predicted molar refractivity (Wildman–Crippen MR) is 146 cm³/mol. The summed E-state index contributed by atoms with van der Waals surface area (Å²) in [6.45, 7) is 4.55. The number of aryl methyl sites for hydroxylation is 1. The van der Waals surface area contributed by atoms with Gasteiger partial charge >= 0.3 is 11.9 Å². The molecule has 2 aromatic rings. The first-order valence-electron chi connectivity index (χ1n) is 13.3. The third-order valence-electron chi connectivity index (χ3n) is 5.93. The highest BCUT2D eigenvalue weighted by molar-refractivity contribution is 5.85. The molecule has 2 rings (SSSR count). The zero-order chi connectivity index (χ0) is 29.2. The fraction of sp³-hybridized carbons (Fsp3) is 0.556. The van der Waals surface area contributed by atoms with Crippen molar-refractivity contribution in [1.82, 2.24) is 19.8 Å². The number of aromatic carboxylic acids is 2. The third-order valence-corrected chi connectivity index (χ3v) is 5.93. The van der Waals surface area contributed by atoms with Crippen molar-refractivity contribution >= 4 is 11.9 Å². The Labute approximate surface area is 234 Å². The monoisotopic (exact) mass is 563 g/mol. The third kappa shape index (κ3) is 12.9. The second kappa shape index (κ2) is 19.1. The van der Waals surface area contributed by atoms with Crippen molar-refractivity contribution in [3.8, 4) is 0 Å². The Bertz CT molecular complexity index is 1040. The molecule has 0 unspecified atom stereocenters. The molecule has 0 aromatic carbocycles. The van der Waals surface area contributed by atoms with Crippen molar-refractivity contribution in [2.45, 2.75) is 25.9 Å². The lowest BCUT2D eigenvalue weighted by atomic mass is 10.1. The molecule has 0 amide bonds. The molecule has 0 saturated carbocycles. The molecule has 222 valence electrons. The van der Waals surface area contributed by atoms with Crippen LogP contribution in [0.3, 0.4) is 0 Å².